The van der Waals surface area contributed by atoms with Gasteiger partial charge in [0.25, 0.3) is 0 Å². The Morgan fingerprint density at radius 3 is 2.64 bits per heavy atom. The second-order valence-electron chi connectivity index (χ2n) is 1.89. The first-order chi connectivity index (χ1) is 4.97. The molecule has 0 aromatic carbocycles. The van der Waals surface area contributed by atoms with Crippen molar-refractivity contribution in [2.75, 3.05) is 7.05 Å². The van der Waals surface area contributed by atoms with Gasteiger partial charge in [-0.3, -0.25) is 0 Å². The van der Waals surface area contributed by atoms with E-state index in [1.54, 1.807) is 0 Å². The molecule has 62 valence electrons. The van der Waals surface area contributed by atoms with E-state index in [1.165, 1.54) is 12.1 Å². The maximum Gasteiger partial charge on any atom is 0.572 e. The van der Waals surface area contributed by atoms with E-state index in [-0.39, 0.29) is 5.76 Å². The molecule has 3 nitrogen and oxygen atoms in total. The first-order valence-electron chi connectivity index (χ1n) is 2.69. The summed E-state index contributed by atoms with van der Waals surface area (Å²) in [5.74, 6) is -0.375. The van der Waals surface area contributed by atoms with Crippen molar-refractivity contribution < 1.29 is 17.9 Å². The Morgan fingerprint density at radius 2 is 2.27 bits per heavy atom. The Bertz CT molecular complexity index is 177. The van der Waals surface area contributed by atoms with Crippen LogP contribution < -0.4 is 5.43 Å². The number of nitrogens with one attached hydrogen (secondary N) is 1. The van der Waals surface area contributed by atoms with Gasteiger partial charge in [-0.05, 0) is 0 Å². The highest BCUT2D eigenvalue weighted by Gasteiger charge is 2.33. The van der Waals surface area contributed by atoms with Gasteiger partial charge in [0.2, 0.25) is 0 Å². The molecule has 1 aliphatic rings. The molecule has 6 heteroatoms. The van der Waals surface area contributed by atoms with Crippen LogP contribution in [-0.2, 0) is 4.74 Å². The summed E-state index contributed by atoms with van der Waals surface area (Å²) in [7, 11) is 1.53. The van der Waals surface area contributed by atoms with Crippen LogP contribution in [0, 0.1) is 6.54 Å². The largest absolute Gasteiger partial charge is 0.572 e. The molecule has 0 spiro atoms. The van der Waals surface area contributed by atoms with Crippen LogP contribution >= 0.6 is 0 Å². The number of rotatable bonds is 1. The fourth-order valence-electron chi connectivity index (χ4n) is 0.560. The van der Waals surface area contributed by atoms with E-state index in [1.807, 2.05) is 0 Å². The molecule has 11 heavy (non-hydrogen) atoms. The molecule has 1 rings (SSSR count). The number of nitrogens with zero attached hydrogens (tertiary/aromatic N) is 1. The average molecular weight is 166 g/mol. The zero-order valence-corrected chi connectivity index (χ0v) is 5.57. The van der Waals surface area contributed by atoms with E-state index in [0.717, 1.165) is 6.20 Å². The third-order valence-corrected chi connectivity index (χ3v) is 0.892. The molecule has 1 aliphatic heterocycles. The Morgan fingerprint density at radius 1 is 1.64 bits per heavy atom. The van der Waals surface area contributed by atoms with Crippen molar-refractivity contribution in [3.8, 4) is 0 Å². The van der Waals surface area contributed by atoms with E-state index in [2.05, 4.69) is 16.7 Å². The molecule has 0 aliphatic carbocycles. The first kappa shape index (κ1) is 8.19. The van der Waals surface area contributed by atoms with Gasteiger partial charge in [-0.2, -0.15) is 0 Å². The lowest BCUT2D eigenvalue weighted by molar-refractivity contribution is -0.304. The lowest BCUT2D eigenvalue weighted by atomic mass is 10.6. The van der Waals surface area contributed by atoms with Crippen molar-refractivity contribution in [1.82, 2.24) is 10.4 Å². The third kappa shape index (κ3) is 2.67. The molecule has 1 N–H and O–H groups in total. The van der Waals surface area contributed by atoms with Crippen LogP contribution in [0.15, 0.2) is 12.0 Å². The highest BCUT2D eigenvalue weighted by Crippen LogP contribution is 2.23. The van der Waals surface area contributed by atoms with Crippen LogP contribution in [0.5, 0.6) is 0 Å². The molecule has 0 aromatic rings. The van der Waals surface area contributed by atoms with Crippen LogP contribution in [0.3, 0.4) is 0 Å². The maximum atomic E-state index is 11.5. The predicted molar refractivity (Wildman–Crippen MR) is 29.4 cm³/mol. The van der Waals surface area contributed by atoms with Gasteiger partial charge in [-0.1, -0.05) is 0 Å². The van der Waals surface area contributed by atoms with Crippen LogP contribution in [0.1, 0.15) is 0 Å². The van der Waals surface area contributed by atoms with E-state index in [0.29, 0.717) is 0 Å². The molecule has 0 fully saturated rings. The number of halogens is 3. The topological polar surface area (TPSA) is 24.5 Å². The normalized spacial score (nSPS) is 18.5. The second kappa shape index (κ2) is 2.61. The molecule has 0 aromatic heterocycles. The Labute approximate surface area is 61.4 Å². The fraction of sp³-hybridized carbons (Fsp3) is 0.400. The summed E-state index contributed by atoms with van der Waals surface area (Å²) in [6.45, 7) is 2.16. The zero-order chi connectivity index (χ0) is 8.48. The molecular formula is C5H5F3N2O. The summed E-state index contributed by atoms with van der Waals surface area (Å²) in [4.78, 5) is 0. The summed E-state index contributed by atoms with van der Waals surface area (Å²) < 4.78 is 38.0. The van der Waals surface area contributed by atoms with E-state index >= 15 is 0 Å². The van der Waals surface area contributed by atoms with Gasteiger partial charge < -0.3 is 9.75 Å². The van der Waals surface area contributed by atoms with Crippen molar-refractivity contribution in [3.05, 3.63) is 18.5 Å². The lowest BCUT2D eigenvalue weighted by Crippen LogP contribution is -2.21. The molecule has 0 amide bonds. The molecule has 0 saturated heterocycles. The van der Waals surface area contributed by atoms with Crippen LogP contribution in [0.25, 0.3) is 0 Å². The van der Waals surface area contributed by atoms with E-state index in [4.69, 9.17) is 0 Å². The third-order valence-electron chi connectivity index (χ3n) is 0.892. The second-order valence-corrected chi connectivity index (χ2v) is 1.89. The zero-order valence-electron chi connectivity index (χ0n) is 5.57. The summed E-state index contributed by atoms with van der Waals surface area (Å²) >= 11 is 0. The Kier molecular flexibility index (Phi) is 1.95. The highest BCUT2D eigenvalue weighted by atomic mass is 19.4. The highest BCUT2D eigenvalue weighted by molar-refractivity contribution is 5.08. The van der Waals surface area contributed by atoms with Crippen LogP contribution in [0.4, 0.5) is 13.2 Å². The Hall–Kier alpha value is -0.910. The molecular weight excluding hydrogens is 161 g/mol. The van der Waals surface area contributed by atoms with Gasteiger partial charge in [0.05, 0.1) is 6.20 Å². The van der Waals surface area contributed by atoms with Gasteiger partial charge in [0, 0.05) is 7.05 Å². The monoisotopic (exact) mass is 166 g/mol. The van der Waals surface area contributed by atoms with Crippen molar-refractivity contribution >= 4 is 0 Å². The van der Waals surface area contributed by atoms with Crippen molar-refractivity contribution in [2.45, 2.75) is 6.36 Å². The van der Waals surface area contributed by atoms with Gasteiger partial charge in [-0.15, -0.1) is 13.2 Å². The van der Waals surface area contributed by atoms with Gasteiger partial charge in [-0.25, -0.2) is 5.43 Å². The summed E-state index contributed by atoms with van der Waals surface area (Å²) in [6.07, 6.45) is -3.51. The minimum atomic E-state index is -4.65. The van der Waals surface area contributed by atoms with Crippen LogP contribution in [0.2, 0.25) is 0 Å². The van der Waals surface area contributed by atoms with Crippen molar-refractivity contribution in [2.24, 2.45) is 0 Å². The fourth-order valence-corrected chi connectivity index (χ4v) is 0.560. The smallest absolute Gasteiger partial charge is 0.406 e. The molecule has 1 heterocycles. The lowest BCUT2D eigenvalue weighted by Gasteiger charge is -2.06. The minimum Gasteiger partial charge on any atom is -0.406 e. The van der Waals surface area contributed by atoms with E-state index in [9.17, 15) is 13.2 Å². The number of hydrogen-bond donors (Lipinski definition) is 1. The Balaban J connectivity index is 2.45. The van der Waals surface area contributed by atoms with Gasteiger partial charge in [0.1, 0.15) is 0 Å². The molecule has 0 unspecified atom stereocenters. The molecule has 0 saturated carbocycles. The van der Waals surface area contributed by atoms with Crippen LogP contribution in [-0.4, -0.2) is 18.4 Å². The number of ether oxygens (including phenoxy) is 1. The first-order valence-corrected chi connectivity index (χ1v) is 2.69. The van der Waals surface area contributed by atoms with Gasteiger partial charge >= 0.3 is 6.36 Å². The quantitative estimate of drug-likeness (QED) is 0.625. The standard InChI is InChI=1S/C5H5F3N2O/c1-10-3-4(2-9-10)11-5(6,7)8/h3,9H,1H3. The predicted octanol–water partition coefficient (Wildman–Crippen LogP) is 0.853. The summed E-state index contributed by atoms with van der Waals surface area (Å²) in [5.41, 5.74) is 2.36. The maximum absolute atomic E-state index is 11.5. The minimum absolute atomic E-state index is 0.375. The summed E-state index contributed by atoms with van der Waals surface area (Å²) in [6, 6.07) is 0. The number of hydrogen-bond acceptors (Lipinski definition) is 3. The van der Waals surface area contributed by atoms with Crippen molar-refractivity contribution in [1.29, 1.82) is 0 Å². The number of alkyl halides is 3. The van der Waals surface area contributed by atoms with Crippen molar-refractivity contribution in [3.63, 3.8) is 0 Å². The molecule has 0 atom stereocenters. The summed E-state index contributed by atoms with van der Waals surface area (Å²) in [5, 5.41) is 1.29. The number of hydrazine groups is 1. The average Bonchev–Trinajstić information content (AvgIpc) is 2.10. The molecule has 0 bridgehead atoms. The molecule has 2 radical (unpaired) electrons. The van der Waals surface area contributed by atoms with Gasteiger partial charge in [0.15, 0.2) is 12.3 Å². The SMILES string of the molecule is CN1C=C(OC(F)(F)F)[C]N1. The van der Waals surface area contributed by atoms with E-state index < -0.39 is 6.36 Å².